The van der Waals surface area contributed by atoms with E-state index in [-0.39, 0.29) is 36.4 Å². The second kappa shape index (κ2) is 13.5. The van der Waals surface area contributed by atoms with Crippen molar-refractivity contribution in [2.24, 2.45) is 17.8 Å². The van der Waals surface area contributed by atoms with Crippen molar-refractivity contribution in [3.63, 3.8) is 0 Å². The predicted octanol–water partition coefficient (Wildman–Crippen LogP) is 2.46. The van der Waals surface area contributed by atoms with E-state index in [1.165, 1.54) is 12.1 Å². The lowest BCUT2D eigenvalue weighted by molar-refractivity contribution is -0.141. The van der Waals surface area contributed by atoms with Gasteiger partial charge in [0.15, 0.2) is 0 Å². The highest BCUT2D eigenvalue weighted by molar-refractivity contribution is 7.88. The summed E-state index contributed by atoms with van der Waals surface area (Å²) in [5, 5.41) is 9.40. The fourth-order valence-electron chi connectivity index (χ4n) is 4.56. The lowest BCUT2D eigenvalue weighted by atomic mass is 9.82. The van der Waals surface area contributed by atoms with Crippen molar-refractivity contribution < 1.29 is 32.8 Å². The number of hydrazine groups is 1. The van der Waals surface area contributed by atoms with Crippen molar-refractivity contribution in [1.29, 1.82) is 0 Å². The first kappa shape index (κ1) is 30.7. The minimum atomic E-state index is -4.03. The third-order valence-corrected chi connectivity index (χ3v) is 7.61. The molecule has 0 bridgehead atoms. The number of carbonyl (C=O) groups is 4. The van der Waals surface area contributed by atoms with E-state index in [1.54, 1.807) is 29.8 Å². The van der Waals surface area contributed by atoms with E-state index in [9.17, 15) is 32.8 Å². The Morgan fingerprint density at radius 2 is 1.52 bits per heavy atom. The first-order chi connectivity index (χ1) is 18.9. The Balaban J connectivity index is 1.78. The van der Waals surface area contributed by atoms with Crippen LogP contribution in [0.25, 0.3) is 6.08 Å². The first-order valence-electron chi connectivity index (χ1n) is 12.8. The summed E-state index contributed by atoms with van der Waals surface area (Å²) in [7, 11) is -4.03. The molecule has 11 nitrogen and oxygen atoms in total. The number of nitrogens with one attached hydrogen (secondary N) is 2. The maximum Gasteiger partial charge on any atom is 0.261 e. The van der Waals surface area contributed by atoms with Gasteiger partial charge in [-0.25, -0.2) is 13.9 Å². The van der Waals surface area contributed by atoms with E-state index in [0.29, 0.717) is 4.41 Å². The van der Waals surface area contributed by atoms with Crippen LogP contribution in [0.2, 0.25) is 0 Å². The molecule has 1 heterocycles. The highest BCUT2D eigenvalue weighted by Gasteiger charge is 2.38. The molecule has 4 amide bonds. The Kier molecular flexibility index (Phi) is 10.3. The molecule has 40 heavy (non-hydrogen) atoms. The van der Waals surface area contributed by atoms with Crippen LogP contribution < -0.4 is 10.9 Å². The molecule has 0 unspecified atom stereocenters. The highest BCUT2D eigenvalue weighted by Crippen LogP contribution is 2.26. The normalized spacial score (nSPS) is 15.0. The molecule has 3 N–H and O–H groups in total. The van der Waals surface area contributed by atoms with Crippen LogP contribution in [0.4, 0.5) is 0 Å². The summed E-state index contributed by atoms with van der Waals surface area (Å²) in [5.74, 6) is -4.70. The van der Waals surface area contributed by atoms with Gasteiger partial charge in [-0.15, -0.1) is 4.41 Å². The van der Waals surface area contributed by atoms with Gasteiger partial charge in [-0.3, -0.25) is 34.7 Å². The number of benzene rings is 2. The number of carbonyl (C=O) groups excluding carboxylic acids is 4. The summed E-state index contributed by atoms with van der Waals surface area (Å²) < 4.78 is 25.8. The molecule has 2 atom stereocenters. The SMILES string of the molecule is CC(C)C[C@@H](C(=O)NN(CCN1C(=O)c2ccccc2C1=O)S(C)(=O)=O)[C@H](CC=Cc1ccccc1)C(=O)NO. The van der Waals surface area contributed by atoms with Crippen molar-refractivity contribution >= 4 is 39.7 Å². The molecule has 2 aromatic rings. The van der Waals surface area contributed by atoms with Crippen LogP contribution in [-0.4, -0.2) is 65.9 Å². The fourth-order valence-corrected chi connectivity index (χ4v) is 5.23. The Labute approximate surface area is 233 Å². The predicted molar refractivity (Wildman–Crippen MR) is 148 cm³/mol. The van der Waals surface area contributed by atoms with Gasteiger partial charge in [-0.1, -0.05) is 68.5 Å². The third kappa shape index (κ3) is 7.62. The molecule has 2 aromatic carbocycles. The molecule has 0 saturated heterocycles. The molecule has 3 rings (SSSR count). The van der Waals surface area contributed by atoms with Gasteiger partial charge in [0.1, 0.15) is 0 Å². The summed E-state index contributed by atoms with van der Waals surface area (Å²) in [6, 6.07) is 15.6. The number of nitrogens with zero attached hydrogens (tertiary/aromatic N) is 2. The molecule has 214 valence electrons. The van der Waals surface area contributed by atoms with Gasteiger partial charge < -0.3 is 0 Å². The maximum atomic E-state index is 13.5. The number of allylic oxidation sites excluding steroid dienone is 1. The summed E-state index contributed by atoms with van der Waals surface area (Å²) >= 11 is 0. The van der Waals surface area contributed by atoms with Crippen molar-refractivity contribution in [2.45, 2.75) is 26.7 Å². The number of imide groups is 1. The average molecular weight is 571 g/mol. The molecular weight excluding hydrogens is 536 g/mol. The van der Waals surface area contributed by atoms with Crippen LogP contribution in [0.15, 0.2) is 60.7 Å². The summed E-state index contributed by atoms with van der Waals surface area (Å²) in [4.78, 5) is 52.5. The second-order valence-electron chi connectivity index (χ2n) is 9.99. The zero-order valence-corrected chi connectivity index (χ0v) is 23.4. The van der Waals surface area contributed by atoms with E-state index in [1.807, 2.05) is 44.2 Å². The number of fused-ring (bicyclic) bond motifs is 1. The Morgan fingerprint density at radius 1 is 0.950 bits per heavy atom. The molecule has 12 heteroatoms. The van der Waals surface area contributed by atoms with E-state index in [0.717, 1.165) is 16.7 Å². The van der Waals surface area contributed by atoms with Crippen molar-refractivity contribution in [3.05, 3.63) is 77.4 Å². The van der Waals surface area contributed by atoms with E-state index >= 15 is 0 Å². The number of hydrogen-bond acceptors (Lipinski definition) is 7. The Bertz CT molecular complexity index is 1340. The number of sulfonamides is 1. The topological polar surface area (TPSA) is 153 Å². The average Bonchev–Trinajstić information content (AvgIpc) is 3.16. The fraction of sp³-hybridized carbons (Fsp3) is 0.357. The zero-order chi connectivity index (χ0) is 29.4. The molecule has 0 aromatic heterocycles. The van der Waals surface area contributed by atoms with Crippen molar-refractivity contribution in [1.82, 2.24) is 20.2 Å². The summed E-state index contributed by atoms with van der Waals surface area (Å²) in [6.07, 6.45) is 4.70. The third-order valence-electron chi connectivity index (χ3n) is 6.53. The summed E-state index contributed by atoms with van der Waals surface area (Å²) in [5.41, 5.74) is 5.32. The number of hydrogen-bond donors (Lipinski definition) is 3. The number of amides is 4. The smallest absolute Gasteiger partial charge is 0.261 e. The molecule has 1 aliphatic heterocycles. The standard InChI is InChI=1S/C28H34N4O7S/c1-19(2)18-24(21(26(34)30-37)15-9-12-20-10-5-4-6-11-20)25(33)29-32(40(3,38)39)17-16-31-27(35)22-13-7-8-14-23(22)28(31)36/h4-14,19,21,24,37H,15-18H2,1-3H3,(H,29,33)(H,30,34)/t21-,24+/m0/s1. The minimum Gasteiger partial charge on any atom is -0.289 e. The largest absolute Gasteiger partial charge is 0.289 e. The molecule has 0 fully saturated rings. The van der Waals surface area contributed by atoms with Crippen molar-refractivity contribution in [3.8, 4) is 0 Å². The van der Waals surface area contributed by atoms with E-state index in [2.05, 4.69) is 5.43 Å². The van der Waals surface area contributed by atoms with Gasteiger partial charge in [0.25, 0.3) is 11.8 Å². The molecule has 0 spiro atoms. The molecule has 1 aliphatic rings. The van der Waals surface area contributed by atoms with Crippen molar-refractivity contribution in [2.75, 3.05) is 19.3 Å². The minimum absolute atomic E-state index is 0.0483. The van der Waals surface area contributed by atoms with E-state index in [4.69, 9.17) is 0 Å². The van der Waals surface area contributed by atoms with Gasteiger partial charge >= 0.3 is 0 Å². The zero-order valence-electron chi connectivity index (χ0n) is 22.6. The van der Waals surface area contributed by atoms with Gasteiger partial charge in [-0.2, -0.15) is 0 Å². The van der Waals surface area contributed by atoms with E-state index < -0.39 is 52.0 Å². The first-order valence-corrected chi connectivity index (χ1v) is 14.7. The Hall–Kier alpha value is -3.87. The van der Waals surface area contributed by atoms with Gasteiger partial charge in [0.2, 0.25) is 21.8 Å². The quantitative estimate of drug-likeness (QED) is 0.190. The highest BCUT2D eigenvalue weighted by atomic mass is 32.2. The van der Waals surface area contributed by atoms with Crippen LogP contribution in [-0.2, 0) is 19.6 Å². The van der Waals surface area contributed by atoms with Crippen LogP contribution in [0.1, 0.15) is 53.0 Å². The maximum absolute atomic E-state index is 13.5. The van der Waals surface area contributed by atoms with Gasteiger partial charge in [0.05, 0.1) is 35.8 Å². The second-order valence-corrected chi connectivity index (χ2v) is 11.9. The number of hydroxylamine groups is 1. The molecule has 0 radical (unpaired) electrons. The lowest BCUT2D eigenvalue weighted by Crippen LogP contribution is -2.53. The molecule has 0 aliphatic carbocycles. The van der Waals surface area contributed by atoms with Gasteiger partial charge in [0, 0.05) is 6.54 Å². The van der Waals surface area contributed by atoms with Crippen LogP contribution in [0.3, 0.4) is 0 Å². The van der Waals surface area contributed by atoms with Crippen LogP contribution >= 0.6 is 0 Å². The van der Waals surface area contributed by atoms with Gasteiger partial charge in [-0.05, 0) is 36.5 Å². The number of rotatable bonds is 13. The van der Waals surface area contributed by atoms with Crippen LogP contribution in [0, 0.1) is 17.8 Å². The summed E-state index contributed by atoms with van der Waals surface area (Å²) in [6.45, 7) is 3.01. The Morgan fingerprint density at radius 3 is 2.05 bits per heavy atom. The molecule has 0 saturated carbocycles. The monoisotopic (exact) mass is 570 g/mol. The molecular formula is C28H34N4O7S. The van der Waals surface area contributed by atoms with Crippen LogP contribution in [0.5, 0.6) is 0 Å². The lowest BCUT2D eigenvalue weighted by Gasteiger charge is -2.29.